The van der Waals surface area contributed by atoms with Crippen molar-refractivity contribution in [3.63, 3.8) is 0 Å². The standard InChI is InChI=1S/C20H24O/c1-13-6-14(2)10-18(9-13)11-19(21)12-20-16(4)7-15(3)8-17(20)5/h6-10H,11-12H2,1-5H3. The van der Waals surface area contributed by atoms with Crippen molar-refractivity contribution in [1.82, 2.24) is 0 Å². The predicted molar refractivity (Wildman–Crippen MR) is 89.0 cm³/mol. The van der Waals surface area contributed by atoms with Crippen LogP contribution in [-0.4, -0.2) is 5.78 Å². The number of ketones is 1. The first-order valence-electron chi connectivity index (χ1n) is 7.51. The molecule has 0 aliphatic rings. The van der Waals surface area contributed by atoms with Gasteiger partial charge in [0.1, 0.15) is 5.78 Å². The number of carbonyl (C=O) groups excluding carboxylic acids is 1. The van der Waals surface area contributed by atoms with Crippen molar-refractivity contribution in [2.75, 3.05) is 0 Å². The Kier molecular flexibility index (Phi) is 4.62. The van der Waals surface area contributed by atoms with Gasteiger partial charge in [-0.15, -0.1) is 0 Å². The molecule has 0 atom stereocenters. The first-order chi connectivity index (χ1) is 9.85. The molecule has 0 N–H and O–H groups in total. The molecule has 1 heteroatoms. The van der Waals surface area contributed by atoms with Crippen LogP contribution in [0.3, 0.4) is 0 Å². The topological polar surface area (TPSA) is 17.1 Å². The van der Waals surface area contributed by atoms with E-state index in [4.69, 9.17) is 0 Å². The minimum atomic E-state index is 0.287. The van der Waals surface area contributed by atoms with Gasteiger partial charge >= 0.3 is 0 Å². The molecule has 2 rings (SSSR count). The van der Waals surface area contributed by atoms with Crippen LogP contribution >= 0.6 is 0 Å². The Morgan fingerprint density at radius 1 is 0.714 bits per heavy atom. The van der Waals surface area contributed by atoms with Crippen molar-refractivity contribution in [1.29, 1.82) is 0 Å². The Hall–Kier alpha value is -1.89. The summed E-state index contributed by atoms with van der Waals surface area (Å²) in [5.41, 5.74) is 8.47. The van der Waals surface area contributed by atoms with Crippen LogP contribution in [0.5, 0.6) is 0 Å². The van der Waals surface area contributed by atoms with Crippen molar-refractivity contribution in [2.24, 2.45) is 0 Å². The molecular formula is C20H24O. The number of rotatable bonds is 4. The number of hydrogen-bond donors (Lipinski definition) is 0. The number of Topliss-reactive ketones (excluding diaryl/α,β-unsaturated/α-hetero) is 1. The summed E-state index contributed by atoms with van der Waals surface area (Å²) in [6.45, 7) is 10.4. The molecule has 0 unspecified atom stereocenters. The number of carbonyl (C=O) groups is 1. The van der Waals surface area contributed by atoms with Gasteiger partial charge in [-0.1, -0.05) is 47.0 Å². The maximum atomic E-state index is 12.4. The van der Waals surface area contributed by atoms with Crippen molar-refractivity contribution in [3.8, 4) is 0 Å². The SMILES string of the molecule is Cc1cc(C)cc(CC(=O)Cc2c(C)cc(C)cc2C)c1. The van der Waals surface area contributed by atoms with Crippen LogP contribution in [0.25, 0.3) is 0 Å². The molecule has 0 aliphatic heterocycles. The van der Waals surface area contributed by atoms with Gasteiger partial charge in [-0.25, -0.2) is 0 Å². The molecule has 110 valence electrons. The lowest BCUT2D eigenvalue weighted by atomic mass is 9.93. The molecule has 0 saturated carbocycles. The summed E-state index contributed by atoms with van der Waals surface area (Å²) in [5, 5.41) is 0. The number of aryl methyl sites for hydroxylation is 5. The highest BCUT2D eigenvalue weighted by atomic mass is 16.1. The zero-order chi connectivity index (χ0) is 15.6. The third-order valence-electron chi connectivity index (χ3n) is 3.90. The normalized spacial score (nSPS) is 10.7. The lowest BCUT2D eigenvalue weighted by molar-refractivity contribution is -0.117. The maximum absolute atomic E-state index is 12.4. The molecule has 0 saturated heterocycles. The summed E-state index contributed by atoms with van der Waals surface area (Å²) in [6.07, 6.45) is 1.06. The van der Waals surface area contributed by atoms with Gasteiger partial charge in [0.15, 0.2) is 0 Å². The first-order valence-corrected chi connectivity index (χ1v) is 7.51. The third kappa shape index (κ3) is 4.04. The molecule has 0 heterocycles. The van der Waals surface area contributed by atoms with Gasteiger partial charge in [0, 0.05) is 12.8 Å². The van der Waals surface area contributed by atoms with Gasteiger partial charge in [-0.2, -0.15) is 0 Å². The van der Waals surface area contributed by atoms with Gasteiger partial charge in [-0.3, -0.25) is 4.79 Å². The van der Waals surface area contributed by atoms with Crippen LogP contribution < -0.4 is 0 Å². The van der Waals surface area contributed by atoms with Crippen molar-refractivity contribution < 1.29 is 4.79 Å². The molecule has 0 amide bonds. The number of benzene rings is 2. The molecular weight excluding hydrogens is 256 g/mol. The molecule has 0 fully saturated rings. The van der Waals surface area contributed by atoms with E-state index in [0.29, 0.717) is 12.8 Å². The molecule has 0 aromatic heterocycles. The quantitative estimate of drug-likeness (QED) is 0.801. The van der Waals surface area contributed by atoms with Crippen LogP contribution in [-0.2, 0) is 17.6 Å². The fraction of sp³-hybridized carbons (Fsp3) is 0.350. The Bertz CT molecular complexity index is 637. The van der Waals surface area contributed by atoms with Crippen LogP contribution in [0, 0.1) is 34.6 Å². The van der Waals surface area contributed by atoms with E-state index in [0.717, 1.165) is 5.56 Å². The number of hydrogen-bond acceptors (Lipinski definition) is 1. The Morgan fingerprint density at radius 2 is 1.19 bits per heavy atom. The van der Waals surface area contributed by atoms with E-state index in [2.05, 4.69) is 65.0 Å². The van der Waals surface area contributed by atoms with Crippen molar-refractivity contribution >= 4 is 5.78 Å². The summed E-state index contributed by atoms with van der Waals surface area (Å²) in [5.74, 6) is 0.287. The minimum absolute atomic E-state index is 0.287. The highest BCUT2D eigenvalue weighted by molar-refractivity contribution is 5.83. The zero-order valence-electron chi connectivity index (χ0n) is 13.7. The average molecular weight is 280 g/mol. The van der Waals surface area contributed by atoms with E-state index < -0.39 is 0 Å². The van der Waals surface area contributed by atoms with E-state index in [-0.39, 0.29) is 5.78 Å². The molecule has 0 spiro atoms. The molecule has 0 aliphatic carbocycles. The zero-order valence-corrected chi connectivity index (χ0v) is 13.7. The van der Waals surface area contributed by atoms with Gasteiger partial charge in [0.2, 0.25) is 0 Å². The molecule has 2 aromatic carbocycles. The summed E-state index contributed by atoms with van der Waals surface area (Å²) in [4.78, 5) is 12.4. The molecule has 21 heavy (non-hydrogen) atoms. The monoisotopic (exact) mass is 280 g/mol. The summed E-state index contributed by atoms with van der Waals surface area (Å²) in [6, 6.07) is 10.7. The van der Waals surface area contributed by atoms with Gasteiger partial charge in [0.25, 0.3) is 0 Å². The highest BCUT2D eigenvalue weighted by Gasteiger charge is 2.10. The van der Waals surface area contributed by atoms with Gasteiger partial charge in [0.05, 0.1) is 0 Å². The van der Waals surface area contributed by atoms with E-state index >= 15 is 0 Å². The second-order valence-corrected chi connectivity index (χ2v) is 6.27. The highest BCUT2D eigenvalue weighted by Crippen LogP contribution is 2.18. The Labute approximate surface area is 128 Å². The van der Waals surface area contributed by atoms with Gasteiger partial charge < -0.3 is 0 Å². The maximum Gasteiger partial charge on any atom is 0.141 e. The summed E-state index contributed by atoms with van der Waals surface area (Å²) >= 11 is 0. The predicted octanol–water partition coefficient (Wildman–Crippen LogP) is 4.58. The smallest absolute Gasteiger partial charge is 0.141 e. The lowest BCUT2D eigenvalue weighted by Crippen LogP contribution is -2.09. The molecule has 0 bridgehead atoms. The summed E-state index contributed by atoms with van der Waals surface area (Å²) in [7, 11) is 0. The first kappa shape index (κ1) is 15.5. The van der Waals surface area contributed by atoms with Crippen LogP contribution in [0.4, 0.5) is 0 Å². The van der Waals surface area contributed by atoms with Gasteiger partial charge in [-0.05, 0) is 56.9 Å². The third-order valence-corrected chi connectivity index (χ3v) is 3.90. The molecule has 1 nitrogen and oxygen atoms in total. The van der Waals surface area contributed by atoms with Crippen LogP contribution in [0.2, 0.25) is 0 Å². The van der Waals surface area contributed by atoms with Crippen LogP contribution in [0.15, 0.2) is 30.3 Å². The van der Waals surface area contributed by atoms with E-state index in [1.54, 1.807) is 0 Å². The Morgan fingerprint density at radius 3 is 1.71 bits per heavy atom. The Balaban J connectivity index is 2.15. The fourth-order valence-corrected chi connectivity index (χ4v) is 3.15. The molecule has 2 aromatic rings. The molecule has 0 radical (unpaired) electrons. The second-order valence-electron chi connectivity index (χ2n) is 6.27. The largest absolute Gasteiger partial charge is 0.299 e. The van der Waals surface area contributed by atoms with Crippen molar-refractivity contribution in [3.05, 3.63) is 69.3 Å². The van der Waals surface area contributed by atoms with Crippen molar-refractivity contribution in [2.45, 2.75) is 47.5 Å². The minimum Gasteiger partial charge on any atom is -0.299 e. The van der Waals surface area contributed by atoms with E-state index in [1.165, 1.54) is 33.4 Å². The van der Waals surface area contributed by atoms with E-state index in [1.807, 2.05) is 0 Å². The average Bonchev–Trinajstić information content (AvgIpc) is 2.32. The van der Waals surface area contributed by atoms with Crippen LogP contribution in [0.1, 0.15) is 38.9 Å². The van der Waals surface area contributed by atoms with E-state index in [9.17, 15) is 4.79 Å². The fourth-order valence-electron chi connectivity index (χ4n) is 3.15. The second kappa shape index (κ2) is 6.26. The lowest BCUT2D eigenvalue weighted by Gasteiger charge is -2.11. The summed E-state index contributed by atoms with van der Waals surface area (Å²) < 4.78 is 0.